The van der Waals surface area contributed by atoms with Crippen molar-refractivity contribution in [3.8, 4) is 0 Å². The van der Waals surface area contributed by atoms with Crippen LogP contribution in [-0.2, 0) is 33.4 Å². The van der Waals surface area contributed by atoms with Crippen LogP contribution in [0.3, 0.4) is 0 Å². The van der Waals surface area contributed by atoms with Gasteiger partial charge in [-0.3, -0.25) is 14.3 Å². The van der Waals surface area contributed by atoms with Gasteiger partial charge in [-0.1, -0.05) is 58.0 Å². The first-order chi connectivity index (χ1) is 15.2. The first kappa shape index (κ1) is 28.8. The normalized spacial score (nSPS) is 14.8. The topological polar surface area (TPSA) is 91.4 Å². The highest BCUT2D eigenvalue weighted by atomic mass is 32.2. The fraction of sp³-hybridized carbons (Fsp3) is 0.619. The number of rotatable bonds is 15. The highest BCUT2D eigenvalue weighted by Crippen LogP contribution is 2.56. The summed E-state index contributed by atoms with van der Waals surface area (Å²) in [5.41, 5.74) is 0.785. The van der Waals surface area contributed by atoms with E-state index in [0.29, 0.717) is 0 Å². The quantitative estimate of drug-likeness (QED) is 0.155. The Balaban J connectivity index is 2.97. The summed E-state index contributed by atoms with van der Waals surface area (Å²) in [5, 5.41) is 0.146. The lowest BCUT2D eigenvalue weighted by Gasteiger charge is -2.26. The molecule has 0 fully saturated rings. The van der Waals surface area contributed by atoms with Crippen LogP contribution in [0.15, 0.2) is 30.3 Å². The number of carbonyl (C=O) groups is 2. The predicted molar refractivity (Wildman–Crippen MR) is 129 cm³/mol. The van der Waals surface area contributed by atoms with E-state index < -0.39 is 32.5 Å². The molecule has 0 aromatic heterocycles. The molecule has 1 rings (SSSR count). The van der Waals surface area contributed by atoms with Crippen LogP contribution in [-0.4, -0.2) is 46.9 Å². The van der Waals surface area contributed by atoms with Gasteiger partial charge in [0.05, 0.1) is 6.61 Å². The minimum absolute atomic E-state index is 0.00819. The Morgan fingerprint density at radius 3 is 2.03 bits per heavy atom. The lowest BCUT2D eigenvalue weighted by Crippen LogP contribution is -2.37. The Morgan fingerprint density at radius 1 is 0.969 bits per heavy atom. The third-order valence-electron chi connectivity index (χ3n) is 4.22. The molecule has 0 aliphatic rings. The third kappa shape index (κ3) is 11.6. The van der Waals surface area contributed by atoms with Crippen molar-refractivity contribution < 1.29 is 31.6 Å². The van der Waals surface area contributed by atoms with Crippen LogP contribution in [0.25, 0.3) is 0 Å². The Morgan fingerprint density at radius 2 is 1.53 bits per heavy atom. The first-order valence-electron chi connectivity index (χ1n) is 10.6. The van der Waals surface area contributed by atoms with Crippen molar-refractivity contribution in [1.82, 2.24) is 4.90 Å². The van der Waals surface area contributed by atoms with Crippen molar-refractivity contribution in [2.45, 2.75) is 64.6 Å². The molecule has 2 unspecified atom stereocenters. The summed E-state index contributed by atoms with van der Waals surface area (Å²) in [4.78, 5) is 25.9. The summed E-state index contributed by atoms with van der Waals surface area (Å²) in [6.07, 6.45) is 0.354. The maximum atomic E-state index is 13.5. The van der Waals surface area contributed by atoms with E-state index >= 15 is 0 Å². The van der Waals surface area contributed by atoms with Gasteiger partial charge in [0.2, 0.25) is 0 Å². The molecule has 182 valence electrons. The summed E-state index contributed by atoms with van der Waals surface area (Å²) in [6, 6.07) is 9.13. The minimum Gasteiger partial charge on any atom is -0.465 e. The van der Waals surface area contributed by atoms with E-state index in [2.05, 4.69) is 0 Å². The smallest absolute Gasteiger partial charge is 0.411 e. The summed E-state index contributed by atoms with van der Waals surface area (Å²) in [6.45, 7) is 9.23. The van der Waals surface area contributed by atoms with Crippen molar-refractivity contribution in [3.63, 3.8) is 0 Å². The van der Waals surface area contributed by atoms with Gasteiger partial charge in [-0.05, 0) is 25.3 Å². The number of ether oxygens (including phenoxy) is 2. The molecule has 0 bridgehead atoms. The lowest BCUT2D eigenvalue weighted by molar-refractivity contribution is -0.143. The van der Waals surface area contributed by atoms with Crippen molar-refractivity contribution >= 4 is 43.7 Å². The summed E-state index contributed by atoms with van der Waals surface area (Å²) in [5.74, 6) is -0.639. The Bertz CT molecular complexity index is 720. The van der Waals surface area contributed by atoms with E-state index in [-0.39, 0.29) is 23.7 Å². The summed E-state index contributed by atoms with van der Waals surface area (Å²) >= 11 is 2.08. The maximum absolute atomic E-state index is 13.5. The van der Waals surface area contributed by atoms with E-state index in [1.54, 1.807) is 6.92 Å². The molecule has 8 nitrogen and oxygen atoms in total. The number of benzene rings is 1. The molecule has 0 aliphatic carbocycles. The van der Waals surface area contributed by atoms with Gasteiger partial charge in [0.25, 0.3) is 0 Å². The SMILES string of the molecule is CCOC(=O)CN(CP(=O)(OSC(C)CC)OSC(C)CC)C(=O)OCc1ccccc1. The van der Waals surface area contributed by atoms with Crippen LogP contribution in [0, 0.1) is 0 Å². The maximum Gasteiger partial charge on any atom is 0.411 e. The monoisotopic (exact) mass is 507 g/mol. The number of esters is 1. The molecule has 0 spiro atoms. The molecule has 0 heterocycles. The largest absolute Gasteiger partial charge is 0.465 e. The molecular formula is C21H34NO7PS2. The second-order valence-corrected chi connectivity index (χ2v) is 11.8. The number of hydrogen-bond acceptors (Lipinski definition) is 9. The van der Waals surface area contributed by atoms with Crippen LogP contribution >= 0.6 is 31.7 Å². The zero-order valence-corrected chi connectivity index (χ0v) is 21.9. The Kier molecular flexibility index (Phi) is 14.1. The van der Waals surface area contributed by atoms with E-state index in [1.165, 1.54) is 0 Å². The molecule has 0 radical (unpaired) electrons. The minimum atomic E-state index is -3.79. The average molecular weight is 508 g/mol. The van der Waals surface area contributed by atoms with Gasteiger partial charge in [-0.15, -0.1) is 0 Å². The van der Waals surface area contributed by atoms with Gasteiger partial charge in [0.15, 0.2) is 0 Å². The van der Waals surface area contributed by atoms with Crippen molar-refractivity contribution in [2.75, 3.05) is 19.4 Å². The van der Waals surface area contributed by atoms with Gasteiger partial charge in [0, 0.05) is 34.6 Å². The van der Waals surface area contributed by atoms with Crippen molar-refractivity contribution in [3.05, 3.63) is 35.9 Å². The van der Waals surface area contributed by atoms with E-state index in [4.69, 9.17) is 17.4 Å². The molecule has 1 amide bonds. The van der Waals surface area contributed by atoms with Crippen molar-refractivity contribution in [1.29, 1.82) is 0 Å². The van der Waals surface area contributed by atoms with Crippen LogP contribution in [0.2, 0.25) is 0 Å². The predicted octanol–water partition coefficient (Wildman–Crippen LogP) is 6.27. The zero-order valence-electron chi connectivity index (χ0n) is 19.4. The van der Waals surface area contributed by atoms with Crippen LogP contribution < -0.4 is 0 Å². The van der Waals surface area contributed by atoms with Gasteiger partial charge in [-0.25, -0.2) is 12.7 Å². The summed E-state index contributed by atoms with van der Waals surface area (Å²) in [7, 11) is -3.79. The molecular weight excluding hydrogens is 473 g/mol. The molecule has 0 saturated heterocycles. The second-order valence-electron chi connectivity index (χ2n) is 7.07. The van der Waals surface area contributed by atoms with Gasteiger partial charge < -0.3 is 9.47 Å². The first-order valence-corrected chi connectivity index (χ1v) is 14.0. The molecule has 32 heavy (non-hydrogen) atoms. The Hall–Kier alpha value is -1.19. The molecule has 2 atom stereocenters. The molecule has 11 heteroatoms. The third-order valence-corrected chi connectivity index (χ3v) is 8.74. The molecule has 0 aliphatic heterocycles. The van der Waals surface area contributed by atoms with Crippen LogP contribution in [0.1, 0.15) is 53.0 Å². The van der Waals surface area contributed by atoms with E-state index in [9.17, 15) is 14.2 Å². The fourth-order valence-corrected chi connectivity index (χ4v) is 5.86. The molecule has 0 N–H and O–H groups in total. The van der Waals surface area contributed by atoms with E-state index in [1.807, 2.05) is 58.0 Å². The molecule has 0 saturated carbocycles. The highest BCUT2D eigenvalue weighted by Gasteiger charge is 2.35. The standard InChI is InChI=1S/C21H34NO7PS2/c1-6-17(4)31-28-30(25,29-32-18(5)7-2)16-22(14-20(23)26-8-3)21(24)27-15-19-12-10-9-11-13-19/h9-13,17-18H,6-8,14-16H2,1-5H3. The molecule has 1 aromatic rings. The second kappa shape index (κ2) is 15.6. The number of amides is 1. The van der Waals surface area contributed by atoms with Crippen molar-refractivity contribution in [2.24, 2.45) is 0 Å². The van der Waals surface area contributed by atoms with Gasteiger partial charge in [0.1, 0.15) is 19.4 Å². The average Bonchev–Trinajstić information content (AvgIpc) is 2.79. The van der Waals surface area contributed by atoms with Gasteiger partial charge >= 0.3 is 19.7 Å². The Labute approximate surface area is 200 Å². The summed E-state index contributed by atoms with van der Waals surface area (Å²) < 4.78 is 35.0. The lowest BCUT2D eigenvalue weighted by atomic mass is 10.2. The number of nitrogens with zero attached hydrogens (tertiary/aromatic N) is 1. The molecule has 1 aromatic carbocycles. The number of hydrogen-bond donors (Lipinski definition) is 0. The van der Waals surface area contributed by atoms with Crippen LogP contribution in [0.4, 0.5) is 4.79 Å². The fourth-order valence-electron chi connectivity index (χ4n) is 2.03. The van der Waals surface area contributed by atoms with Crippen LogP contribution in [0.5, 0.6) is 0 Å². The van der Waals surface area contributed by atoms with Gasteiger partial charge in [-0.2, -0.15) is 0 Å². The highest BCUT2D eigenvalue weighted by molar-refractivity contribution is 8.02. The number of carbonyl (C=O) groups excluding carboxylic acids is 2. The van der Waals surface area contributed by atoms with E-state index in [0.717, 1.165) is 47.4 Å². The zero-order chi connectivity index (χ0) is 24.0.